The number of benzene rings is 2. The van der Waals surface area contributed by atoms with Crippen LogP contribution in [-0.2, 0) is 15.9 Å². The average molecular weight is 483 g/mol. The van der Waals surface area contributed by atoms with E-state index in [4.69, 9.17) is 9.47 Å². The Morgan fingerprint density at radius 3 is 2.29 bits per heavy atom. The van der Waals surface area contributed by atoms with Crippen molar-refractivity contribution in [1.29, 1.82) is 0 Å². The molecule has 0 amide bonds. The van der Waals surface area contributed by atoms with Crippen LogP contribution in [-0.4, -0.2) is 83.6 Å². The van der Waals surface area contributed by atoms with Gasteiger partial charge in [-0.3, -0.25) is 9.59 Å². The number of phenols is 2. The summed E-state index contributed by atoms with van der Waals surface area (Å²) in [5.74, 6) is -1.77. The van der Waals surface area contributed by atoms with Gasteiger partial charge in [0.05, 0.1) is 23.3 Å². The summed E-state index contributed by atoms with van der Waals surface area (Å²) in [6.07, 6.45) is -1.03. The number of phenolic OH excluding ortho intramolecular Hbond substituents is 2. The smallest absolute Gasteiger partial charge is 0.198 e. The highest BCUT2D eigenvalue weighted by Crippen LogP contribution is 2.51. The second kappa shape index (κ2) is 8.69. The molecule has 0 bridgehead atoms. The lowest BCUT2D eigenvalue weighted by atomic mass is 9.70. The van der Waals surface area contributed by atoms with E-state index >= 15 is 0 Å². The van der Waals surface area contributed by atoms with E-state index in [1.807, 2.05) is 19.0 Å². The van der Waals surface area contributed by atoms with Crippen molar-refractivity contribution in [2.75, 3.05) is 33.8 Å². The number of nitrogens with one attached hydrogen (secondary N) is 1. The minimum Gasteiger partial charge on any atom is -0.507 e. The summed E-state index contributed by atoms with van der Waals surface area (Å²) in [5, 5.41) is 37.8. The molecular weight excluding hydrogens is 452 g/mol. The van der Waals surface area contributed by atoms with E-state index in [2.05, 4.69) is 5.32 Å². The van der Waals surface area contributed by atoms with Crippen LogP contribution < -0.4 is 5.32 Å². The Bertz CT molecular complexity index is 1210. The number of hydrogen-bond acceptors (Lipinski definition) is 9. The van der Waals surface area contributed by atoms with E-state index in [1.54, 1.807) is 25.1 Å². The van der Waals surface area contributed by atoms with Gasteiger partial charge >= 0.3 is 0 Å². The first-order valence-electron chi connectivity index (χ1n) is 11.8. The Morgan fingerprint density at radius 2 is 1.71 bits per heavy atom. The molecule has 0 aromatic heterocycles. The molecule has 0 saturated carbocycles. The molecule has 5 rings (SSSR count). The predicted octanol–water partition coefficient (Wildman–Crippen LogP) is 1.50. The molecule has 9 heteroatoms. The summed E-state index contributed by atoms with van der Waals surface area (Å²) in [6, 6.07) is 5.77. The van der Waals surface area contributed by atoms with Gasteiger partial charge in [0, 0.05) is 47.8 Å². The fourth-order valence-electron chi connectivity index (χ4n) is 5.47. The van der Waals surface area contributed by atoms with Crippen LogP contribution in [0.3, 0.4) is 0 Å². The number of aliphatic hydroxyl groups is 1. The molecule has 4 N–H and O–H groups in total. The van der Waals surface area contributed by atoms with Crippen molar-refractivity contribution < 1.29 is 34.4 Å². The number of rotatable bonds is 5. The van der Waals surface area contributed by atoms with Crippen LogP contribution in [0.4, 0.5) is 0 Å². The molecule has 35 heavy (non-hydrogen) atoms. The van der Waals surface area contributed by atoms with E-state index in [0.717, 1.165) is 0 Å². The molecule has 9 nitrogen and oxygen atoms in total. The normalized spacial score (nSPS) is 27.6. The molecule has 1 aliphatic heterocycles. The van der Waals surface area contributed by atoms with Crippen molar-refractivity contribution in [3.8, 4) is 11.5 Å². The highest BCUT2D eigenvalue weighted by atomic mass is 16.7. The number of nitrogens with zero attached hydrogens (tertiary/aromatic N) is 1. The van der Waals surface area contributed by atoms with Crippen LogP contribution in [0.1, 0.15) is 62.4 Å². The first kappa shape index (κ1) is 23.9. The minimum atomic E-state index is -1.43. The summed E-state index contributed by atoms with van der Waals surface area (Å²) < 4.78 is 11.3. The van der Waals surface area contributed by atoms with Crippen LogP contribution in [0.15, 0.2) is 24.3 Å². The van der Waals surface area contributed by atoms with Gasteiger partial charge in [-0.2, -0.15) is 0 Å². The quantitative estimate of drug-likeness (QED) is 0.400. The zero-order valence-electron chi connectivity index (χ0n) is 20.0. The second-order valence-corrected chi connectivity index (χ2v) is 9.86. The zero-order chi connectivity index (χ0) is 25.1. The van der Waals surface area contributed by atoms with E-state index in [9.17, 15) is 24.9 Å². The summed E-state index contributed by atoms with van der Waals surface area (Å²) >= 11 is 0. The molecule has 186 valence electrons. The van der Waals surface area contributed by atoms with Gasteiger partial charge < -0.3 is 35.0 Å². The summed E-state index contributed by atoms with van der Waals surface area (Å²) in [5.41, 5.74) is -0.909. The molecule has 1 saturated heterocycles. The van der Waals surface area contributed by atoms with E-state index in [1.165, 1.54) is 6.07 Å². The molecule has 3 aliphatic rings. The Hall–Kier alpha value is -2.82. The SMILES string of the molecule is CC1OCC([C@]2(O)Cc3c(O)c4c(c(O)c3[C@H](NCCN(C)C)C2)C(=O)c2ccccc2C4=O)O1. The lowest BCUT2D eigenvalue weighted by molar-refractivity contribution is -0.121. The maximum Gasteiger partial charge on any atom is 0.198 e. The zero-order valence-corrected chi connectivity index (χ0v) is 20.0. The first-order chi connectivity index (χ1) is 16.6. The number of ether oxygens (including phenoxy) is 2. The number of ketones is 2. The molecule has 0 radical (unpaired) electrons. The van der Waals surface area contributed by atoms with Crippen LogP contribution in [0.25, 0.3) is 0 Å². The van der Waals surface area contributed by atoms with Crippen molar-refractivity contribution in [2.45, 2.75) is 43.8 Å². The van der Waals surface area contributed by atoms with Crippen LogP contribution in [0.2, 0.25) is 0 Å². The van der Waals surface area contributed by atoms with Gasteiger partial charge in [-0.25, -0.2) is 0 Å². The standard InChI is InChI=1S/C26H30N2O7/c1-13-34-12-18(35-13)26(33)10-16-19(17(11-26)27-8-9-28(2)3)25(32)21-20(24(16)31)22(29)14-6-4-5-7-15(14)23(21)30/h4-7,13,17-18,27,31-33H,8-12H2,1-3H3/t13?,17-,18?,26+/m1/s1. The Kier molecular flexibility index (Phi) is 5.93. The lowest BCUT2D eigenvalue weighted by Crippen LogP contribution is -2.51. The topological polar surface area (TPSA) is 129 Å². The van der Waals surface area contributed by atoms with Crippen molar-refractivity contribution in [3.05, 3.63) is 57.6 Å². The van der Waals surface area contributed by atoms with Crippen molar-refractivity contribution in [2.24, 2.45) is 0 Å². The largest absolute Gasteiger partial charge is 0.507 e. The molecular formula is C26H30N2O7. The van der Waals surface area contributed by atoms with Crippen molar-refractivity contribution in [3.63, 3.8) is 0 Å². The van der Waals surface area contributed by atoms with E-state index in [0.29, 0.717) is 18.7 Å². The second-order valence-electron chi connectivity index (χ2n) is 9.86. The Labute approximate surface area is 203 Å². The van der Waals surface area contributed by atoms with E-state index < -0.39 is 35.6 Å². The Morgan fingerprint density at radius 1 is 1.09 bits per heavy atom. The van der Waals surface area contributed by atoms with Gasteiger partial charge in [0.1, 0.15) is 17.6 Å². The van der Waals surface area contributed by atoms with Crippen LogP contribution >= 0.6 is 0 Å². The highest BCUT2D eigenvalue weighted by Gasteiger charge is 2.50. The average Bonchev–Trinajstić information content (AvgIpc) is 3.26. The van der Waals surface area contributed by atoms with Gasteiger partial charge in [-0.1, -0.05) is 24.3 Å². The number of aromatic hydroxyl groups is 2. The minimum absolute atomic E-state index is 0.0648. The summed E-state index contributed by atoms with van der Waals surface area (Å²) in [4.78, 5) is 28.7. The van der Waals surface area contributed by atoms with Gasteiger partial charge in [0.2, 0.25) is 0 Å². The highest BCUT2D eigenvalue weighted by molar-refractivity contribution is 6.30. The predicted molar refractivity (Wildman–Crippen MR) is 126 cm³/mol. The number of fused-ring (bicyclic) bond motifs is 3. The maximum atomic E-state index is 13.4. The number of carbonyl (C=O) groups excluding carboxylic acids is 2. The number of carbonyl (C=O) groups is 2. The third kappa shape index (κ3) is 3.84. The van der Waals surface area contributed by atoms with Gasteiger partial charge in [0.25, 0.3) is 0 Å². The maximum absolute atomic E-state index is 13.4. The number of likely N-dealkylation sites (N-methyl/N-ethyl adjacent to an activating group) is 1. The molecule has 2 aromatic rings. The molecule has 2 aliphatic carbocycles. The van der Waals surface area contributed by atoms with Crippen molar-refractivity contribution in [1.82, 2.24) is 10.2 Å². The first-order valence-corrected chi connectivity index (χ1v) is 11.8. The third-order valence-electron chi connectivity index (χ3n) is 7.24. The van der Waals surface area contributed by atoms with E-state index in [-0.39, 0.29) is 58.8 Å². The molecule has 4 atom stereocenters. The fraction of sp³-hybridized carbons (Fsp3) is 0.462. The summed E-state index contributed by atoms with van der Waals surface area (Å²) in [7, 11) is 3.86. The van der Waals surface area contributed by atoms with Crippen molar-refractivity contribution >= 4 is 11.6 Å². The third-order valence-corrected chi connectivity index (χ3v) is 7.24. The van der Waals surface area contributed by atoms with Crippen LogP contribution in [0, 0.1) is 0 Å². The molecule has 2 unspecified atom stereocenters. The Balaban J connectivity index is 1.66. The number of hydrogen-bond donors (Lipinski definition) is 4. The molecule has 1 heterocycles. The van der Waals surface area contributed by atoms with Gasteiger partial charge in [0.15, 0.2) is 17.9 Å². The van der Waals surface area contributed by atoms with Gasteiger partial charge in [-0.15, -0.1) is 0 Å². The monoisotopic (exact) mass is 482 g/mol. The molecule has 0 spiro atoms. The lowest BCUT2D eigenvalue weighted by Gasteiger charge is -2.42. The molecule has 1 fully saturated rings. The van der Waals surface area contributed by atoms with Gasteiger partial charge in [-0.05, 0) is 27.4 Å². The fourth-order valence-corrected chi connectivity index (χ4v) is 5.47. The summed E-state index contributed by atoms with van der Waals surface area (Å²) in [6.45, 7) is 3.14. The molecule has 2 aromatic carbocycles. The van der Waals surface area contributed by atoms with Crippen LogP contribution in [0.5, 0.6) is 11.5 Å².